The molecule has 0 radical (unpaired) electrons. The van der Waals surface area contributed by atoms with E-state index in [4.69, 9.17) is 9.47 Å². The molecule has 2 atom stereocenters. The standard InChI is InChI=1S/C17H21NO6S/c1-17(16(20)21)5-6-18(11-17)15(19)4-9-25(22)12-2-3-13-14(10-12)24-8-7-23-13/h2-3,10H,4-9,11H2,1H3,(H,20,21). The summed E-state index contributed by atoms with van der Waals surface area (Å²) < 4.78 is 23.3. The van der Waals surface area contributed by atoms with Crippen LogP contribution >= 0.6 is 0 Å². The lowest BCUT2D eigenvalue weighted by atomic mass is 9.90. The van der Waals surface area contributed by atoms with Gasteiger partial charge in [0.15, 0.2) is 11.5 Å². The summed E-state index contributed by atoms with van der Waals surface area (Å²) in [6.07, 6.45) is 0.566. The molecule has 0 spiro atoms. The van der Waals surface area contributed by atoms with Gasteiger partial charge in [0.1, 0.15) is 13.2 Å². The Morgan fingerprint density at radius 2 is 2.00 bits per heavy atom. The third-order valence-corrected chi connectivity index (χ3v) is 5.97. The zero-order valence-corrected chi connectivity index (χ0v) is 14.8. The van der Waals surface area contributed by atoms with Crippen molar-refractivity contribution in [3.63, 3.8) is 0 Å². The Morgan fingerprint density at radius 1 is 1.28 bits per heavy atom. The van der Waals surface area contributed by atoms with Crippen LogP contribution in [-0.4, -0.2) is 58.1 Å². The van der Waals surface area contributed by atoms with Crippen molar-refractivity contribution in [2.45, 2.75) is 24.7 Å². The number of carbonyl (C=O) groups excluding carboxylic acids is 1. The molecule has 136 valence electrons. The molecule has 7 nitrogen and oxygen atoms in total. The van der Waals surface area contributed by atoms with Crippen LogP contribution in [0.3, 0.4) is 0 Å². The first-order valence-corrected chi connectivity index (χ1v) is 9.50. The van der Waals surface area contributed by atoms with E-state index in [9.17, 15) is 18.9 Å². The first-order valence-electron chi connectivity index (χ1n) is 8.18. The van der Waals surface area contributed by atoms with E-state index in [1.54, 1.807) is 30.0 Å². The highest BCUT2D eigenvalue weighted by Crippen LogP contribution is 2.32. The van der Waals surface area contributed by atoms with Crippen molar-refractivity contribution in [3.05, 3.63) is 18.2 Å². The van der Waals surface area contributed by atoms with Gasteiger partial charge in [-0.05, 0) is 25.5 Å². The monoisotopic (exact) mass is 367 g/mol. The number of carboxylic acids is 1. The number of fused-ring (bicyclic) bond motifs is 1. The van der Waals surface area contributed by atoms with Crippen LogP contribution in [0.4, 0.5) is 0 Å². The number of nitrogens with zero attached hydrogens (tertiary/aromatic N) is 1. The zero-order chi connectivity index (χ0) is 18.0. The Hall–Kier alpha value is -2.09. The van der Waals surface area contributed by atoms with Crippen LogP contribution in [0.1, 0.15) is 19.8 Å². The van der Waals surface area contributed by atoms with Gasteiger partial charge in [0.25, 0.3) is 0 Å². The molecular weight excluding hydrogens is 346 g/mol. The Labute approximate surface area is 148 Å². The van der Waals surface area contributed by atoms with Crippen LogP contribution < -0.4 is 9.47 Å². The molecule has 0 aliphatic carbocycles. The summed E-state index contributed by atoms with van der Waals surface area (Å²) in [4.78, 5) is 25.7. The minimum atomic E-state index is -1.33. The van der Waals surface area contributed by atoms with Crippen LogP contribution in [-0.2, 0) is 20.4 Å². The number of hydrogen-bond acceptors (Lipinski definition) is 5. The number of carboxylic acid groups (broad SMARTS) is 1. The predicted octanol–water partition coefficient (Wildman–Crippen LogP) is 1.28. The predicted molar refractivity (Wildman–Crippen MR) is 90.3 cm³/mol. The van der Waals surface area contributed by atoms with Gasteiger partial charge in [0, 0.05) is 36.2 Å². The van der Waals surface area contributed by atoms with E-state index in [-0.39, 0.29) is 24.6 Å². The lowest BCUT2D eigenvalue weighted by Gasteiger charge is -2.20. The molecule has 2 aliphatic heterocycles. The Bertz CT molecular complexity index is 721. The smallest absolute Gasteiger partial charge is 0.311 e. The summed E-state index contributed by atoms with van der Waals surface area (Å²) in [5.41, 5.74) is -0.884. The highest BCUT2D eigenvalue weighted by molar-refractivity contribution is 7.85. The summed E-state index contributed by atoms with van der Waals surface area (Å²) in [5.74, 6) is 0.352. The van der Waals surface area contributed by atoms with Crippen molar-refractivity contribution >= 4 is 22.7 Å². The van der Waals surface area contributed by atoms with E-state index >= 15 is 0 Å². The van der Waals surface area contributed by atoms with E-state index in [0.29, 0.717) is 42.6 Å². The van der Waals surface area contributed by atoms with Crippen molar-refractivity contribution in [3.8, 4) is 11.5 Å². The second-order valence-electron chi connectivity index (χ2n) is 6.54. The maximum absolute atomic E-state index is 12.4. The Kier molecular flexibility index (Phi) is 4.99. The Morgan fingerprint density at radius 3 is 2.68 bits per heavy atom. The van der Waals surface area contributed by atoms with Gasteiger partial charge in [0.05, 0.1) is 16.2 Å². The molecule has 3 rings (SSSR count). The minimum Gasteiger partial charge on any atom is -0.486 e. The molecule has 1 aromatic rings. The molecule has 1 amide bonds. The van der Waals surface area contributed by atoms with Crippen molar-refractivity contribution in [1.82, 2.24) is 4.90 Å². The van der Waals surface area contributed by atoms with Crippen LogP contribution in [0.2, 0.25) is 0 Å². The molecule has 1 saturated heterocycles. The van der Waals surface area contributed by atoms with Crippen molar-refractivity contribution in [2.75, 3.05) is 32.1 Å². The number of hydrogen-bond donors (Lipinski definition) is 1. The van der Waals surface area contributed by atoms with E-state index in [1.807, 2.05) is 0 Å². The molecule has 1 N–H and O–H groups in total. The second kappa shape index (κ2) is 7.03. The SMILES string of the molecule is CC1(C(=O)O)CCN(C(=O)CCS(=O)c2ccc3c(c2)OCCO3)C1. The fourth-order valence-corrected chi connectivity index (χ4v) is 4.02. The van der Waals surface area contributed by atoms with Crippen LogP contribution in [0.5, 0.6) is 11.5 Å². The summed E-state index contributed by atoms with van der Waals surface area (Å²) in [6, 6.07) is 5.13. The van der Waals surface area contributed by atoms with Crippen LogP contribution in [0.15, 0.2) is 23.1 Å². The van der Waals surface area contributed by atoms with Gasteiger partial charge in [-0.15, -0.1) is 0 Å². The third-order valence-electron chi connectivity index (χ3n) is 4.62. The summed E-state index contributed by atoms with van der Waals surface area (Å²) in [6.45, 7) is 3.24. The van der Waals surface area contributed by atoms with Gasteiger partial charge in [-0.2, -0.15) is 0 Å². The second-order valence-corrected chi connectivity index (χ2v) is 8.11. The van der Waals surface area contributed by atoms with Crippen LogP contribution in [0, 0.1) is 5.41 Å². The summed E-state index contributed by atoms with van der Waals surface area (Å²) >= 11 is 0. The quantitative estimate of drug-likeness (QED) is 0.843. The molecule has 25 heavy (non-hydrogen) atoms. The summed E-state index contributed by atoms with van der Waals surface area (Å²) in [7, 11) is -1.33. The fraction of sp³-hybridized carbons (Fsp3) is 0.529. The van der Waals surface area contributed by atoms with Crippen molar-refractivity contribution in [2.24, 2.45) is 5.41 Å². The first kappa shape index (κ1) is 17.7. The highest BCUT2D eigenvalue weighted by atomic mass is 32.2. The third kappa shape index (κ3) is 3.78. The topological polar surface area (TPSA) is 93.1 Å². The van der Waals surface area contributed by atoms with Gasteiger partial charge in [-0.1, -0.05) is 0 Å². The number of benzene rings is 1. The largest absolute Gasteiger partial charge is 0.486 e. The lowest BCUT2D eigenvalue weighted by molar-refractivity contribution is -0.147. The van der Waals surface area contributed by atoms with Crippen molar-refractivity contribution < 1.29 is 28.4 Å². The summed E-state index contributed by atoms with van der Waals surface area (Å²) in [5, 5.41) is 9.23. The van der Waals surface area contributed by atoms with Crippen molar-refractivity contribution in [1.29, 1.82) is 0 Å². The van der Waals surface area contributed by atoms with Gasteiger partial charge in [-0.3, -0.25) is 13.8 Å². The average Bonchev–Trinajstić information content (AvgIpc) is 3.03. The number of rotatable bonds is 5. The normalized spacial score (nSPS) is 23.3. The minimum absolute atomic E-state index is 0.122. The number of likely N-dealkylation sites (tertiary alicyclic amines) is 1. The lowest BCUT2D eigenvalue weighted by Crippen LogP contribution is -2.35. The van der Waals surface area contributed by atoms with E-state index in [0.717, 1.165) is 0 Å². The molecule has 1 fully saturated rings. The van der Waals surface area contributed by atoms with Gasteiger partial charge in [0.2, 0.25) is 5.91 Å². The molecule has 0 bridgehead atoms. The van der Waals surface area contributed by atoms with Gasteiger partial charge >= 0.3 is 5.97 Å². The van der Waals surface area contributed by atoms with Gasteiger partial charge < -0.3 is 19.5 Å². The molecule has 1 aromatic carbocycles. The number of ether oxygens (including phenoxy) is 2. The average molecular weight is 367 g/mol. The fourth-order valence-electron chi connectivity index (χ4n) is 2.97. The molecule has 0 aromatic heterocycles. The van der Waals surface area contributed by atoms with E-state index in [1.165, 1.54) is 0 Å². The maximum Gasteiger partial charge on any atom is 0.311 e. The molecule has 2 aliphatic rings. The van der Waals surface area contributed by atoms with Crippen LogP contribution in [0.25, 0.3) is 0 Å². The molecule has 2 unspecified atom stereocenters. The highest BCUT2D eigenvalue weighted by Gasteiger charge is 2.41. The number of carbonyl (C=O) groups is 2. The molecular formula is C17H21NO6S. The molecule has 0 saturated carbocycles. The first-order chi connectivity index (χ1) is 11.9. The van der Waals surface area contributed by atoms with Gasteiger partial charge in [-0.25, -0.2) is 0 Å². The molecule has 8 heteroatoms. The van der Waals surface area contributed by atoms with E-state index < -0.39 is 22.2 Å². The maximum atomic E-state index is 12.4. The molecule has 2 heterocycles. The van der Waals surface area contributed by atoms with E-state index in [2.05, 4.69) is 0 Å². The Balaban J connectivity index is 1.56. The number of amides is 1. The zero-order valence-electron chi connectivity index (χ0n) is 14.0. The number of aliphatic carboxylic acids is 1.